The van der Waals surface area contributed by atoms with Crippen LogP contribution in [0.3, 0.4) is 0 Å². The van der Waals surface area contributed by atoms with Crippen LogP contribution >= 0.6 is 23.1 Å². The van der Waals surface area contributed by atoms with Crippen LogP contribution in [0.1, 0.15) is 5.01 Å². The molecule has 0 saturated carbocycles. The molecule has 0 bridgehead atoms. The minimum absolute atomic E-state index is 0.909. The van der Waals surface area contributed by atoms with E-state index in [0.29, 0.717) is 0 Å². The Morgan fingerprint density at radius 2 is 2.14 bits per heavy atom. The van der Waals surface area contributed by atoms with Crippen LogP contribution in [0.4, 0.5) is 5.13 Å². The molecule has 0 spiro atoms. The Balaban J connectivity index is 1.89. The lowest BCUT2D eigenvalue weighted by Crippen LogP contribution is -2.31. The van der Waals surface area contributed by atoms with Gasteiger partial charge in [0.05, 0.1) is 6.54 Å². The van der Waals surface area contributed by atoms with Crippen LogP contribution in [0.15, 0.2) is 0 Å². The standard InChI is InChI=1S/C8H14N4S2/c1-9-8-11-10-7(14-8)6-12-2-4-13-5-3-12/h2-6H2,1H3,(H,9,11). The summed E-state index contributed by atoms with van der Waals surface area (Å²) in [5.74, 6) is 2.50. The van der Waals surface area contributed by atoms with Crippen LogP contribution < -0.4 is 5.32 Å². The number of rotatable bonds is 3. The van der Waals surface area contributed by atoms with Crippen molar-refractivity contribution < 1.29 is 0 Å². The highest BCUT2D eigenvalue weighted by Gasteiger charge is 2.12. The fraction of sp³-hybridized carbons (Fsp3) is 0.750. The molecule has 0 aromatic carbocycles. The van der Waals surface area contributed by atoms with Gasteiger partial charge in [0.2, 0.25) is 5.13 Å². The highest BCUT2D eigenvalue weighted by atomic mass is 32.2. The summed E-state index contributed by atoms with van der Waals surface area (Å²) in [5.41, 5.74) is 0. The molecule has 0 amide bonds. The van der Waals surface area contributed by atoms with E-state index in [4.69, 9.17) is 0 Å². The molecule has 2 rings (SSSR count). The second-order valence-electron chi connectivity index (χ2n) is 3.14. The first-order valence-corrected chi connectivity index (χ1v) is 6.66. The van der Waals surface area contributed by atoms with Crippen molar-refractivity contribution in [3.05, 3.63) is 5.01 Å². The van der Waals surface area contributed by atoms with Gasteiger partial charge in [-0.2, -0.15) is 11.8 Å². The Bertz CT molecular complexity index is 283. The van der Waals surface area contributed by atoms with Crippen molar-refractivity contribution in [2.75, 3.05) is 37.0 Å². The molecule has 1 aromatic rings. The molecule has 1 N–H and O–H groups in total. The Morgan fingerprint density at radius 1 is 1.36 bits per heavy atom. The fourth-order valence-electron chi connectivity index (χ4n) is 1.37. The summed E-state index contributed by atoms with van der Waals surface area (Å²) >= 11 is 3.68. The second kappa shape index (κ2) is 4.95. The Labute approximate surface area is 92.1 Å². The molecule has 1 aliphatic rings. The van der Waals surface area contributed by atoms with Gasteiger partial charge in [0.25, 0.3) is 0 Å². The largest absolute Gasteiger partial charge is 0.363 e. The van der Waals surface area contributed by atoms with Crippen LogP contribution in [0.2, 0.25) is 0 Å². The van der Waals surface area contributed by atoms with Crippen LogP contribution in [0.5, 0.6) is 0 Å². The number of hydrogen-bond acceptors (Lipinski definition) is 6. The molecular formula is C8H14N4S2. The Kier molecular flexibility index (Phi) is 3.61. The third-order valence-electron chi connectivity index (χ3n) is 2.14. The van der Waals surface area contributed by atoms with Crippen molar-refractivity contribution in [3.8, 4) is 0 Å². The van der Waals surface area contributed by atoms with Gasteiger partial charge in [-0.1, -0.05) is 11.3 Å². The lowest BCUT2D eigenvalue weighted by atomic mass is 10.5. The van der Waals surface area contributed by atoms with Gasteiger partial charge in [0.15, 0.2) is 0 Å². The van der Waals surface area contributed by atoms with Crippen molar-refractivity contribution in [3.63, 3.8) is 0 Å². The van der Waals surface area contributed by atoms with E-state index in [1.165, 1.54) is 24.6 Å². The zero-order chi connectivity index (χ0) is 9.80. The van der Waals surface area contributed by atoms with E-state index in [1.807, 2.05) is 18.8 Å². The molecular weight excluding hydrogens is 216 g/mol. The summed E-state index contributed by atoms with van der Waals surface area (Å²) < 4.78 is 0. The summed E-state index contributed by atoms with van der Waals surface area (Å²) in [6.45, 7) is 3.32. The summed E-state index contributed by atoms with van der Waals surface area (Å²) in [7, 11) is 1.88. The number of anilines is 1. The predicted molar refractivity (Wildman–Crippen MR) is 62.1 cm³/mol. The molecule has 1 aliphatic heterocycles. The Hall–Kier alpha value is -0.330. The average molecular weight is 230 g/mol. The van der Waals surface area contributed by atoms with Crippen molar-refractivity contribution in [1.82, 2.24) is 15.1 Å². The zero-order valence-corrected chi connectivity index (χ0v) is 9.83. The second-order valence-corrected chi connectivity index (χ2v) is 5.43. The predicted octanol–water partition coefficient (Wildman–Crippen LogP) is 1.13. The quantitative estimate of drug-likeness (QED) is 0.843. The fourth-order valence-corrected chi connectivity index (χ4v) is 3.08. The van der Waals surface area contributed by atoms with E-state index in [2.05, 4.69) is 20.4 Å². The first kappa shape index (κ1) is 10.2. The molecule has 14 heavy (non-hydrogen) atoms. The molecule has 6 heteroatoms. The van der Waals surface area contributed by atoms with Gasteiger partial charge in [-0.25, -0.2) is 0 Å². The minimum Gasteiger partial charge on any atom is -0.363 e. The molecule has 2 heterocycles. The summed E-state index contributed by atoms with van der Waals surface area (Å²) in [5, 5.41) is 13.2. The summed E-state index contributed by atoms with van der Waals surface area (Å²) in [6.07, 6.45) is 0. The first-order valence-electron chi connectivity index (χ1n) is 4.69. The average Bonchev–Trinajstić information content (AvgIpc) is 2.67. The number of thioether (sulfide) groups is 1. The number of aromatic nitrogens is 2. The maximum atomic E-state index is 4.14. The van der Waals surface area contributed by atoms with E-state index in [-0.39, 0.29) is 0 Å². The van der Waals surface area contributed by atoms with Crippen molar-refractivity contribution in [2.45, 2.75) is 6.54 Å². The van der Waals surface area contributed by atoms with Crippen molar-refractivity contribution >= 4 is 28.2 Å². The first-order chi connectivity index (χ1) is 6.88. The maximum Gasteiger partial charge on any atom is 0.205 e. The van der Waals surface area contributed by atoms with Gasteiger partial charge in [-0.3, -0.25) is 4.90 Å². The molecule has 1 fully saturated rings. The summed E-state index contributed by atoms with van der Waals surface area (Å²) in [4.78, 5) is 2.44. The topological polar surface area (TPSA) is 41.1 Å². The normalized spacial score (nSPS) is 18.4. The van der Waals surface area contributed by atoms with Gasteiger partial charge in [-0.15, -0.1) is 10.2 Å². The maximum absolute atomic E-state index is 4.14. The third kappa shape index (κ3) is 2.59. The molecule has 0 unspecified atom stereocenters. The molecule has 1 saturated heterocycles. The van der Waals surface area contributed by atoms with E-state index < -0.39 is 0 Å². The van der Waals surface area contributed by atoms with Crippen LogP contribution in [0.25, 0.3) is 0 Å². The van der Waals surface area contributed by atoms with Gasteiger partial charge >= 0.3 is 0 Å². The highest BCUT2D eigenvalue weighted by molar-refractivity contribution is 7.99. The van der Waals surface area contributed by atoms with Crippen molar-refractivity contribution in [1.29, 1.82) is 0 Å². The smallest absolute Gasteiger partial charge is 0.205 e. The van der Waals surface area contributed by atoms with Crippen LogP contribution in [-0.2, 0) is 6.54 Å². The van der Waals surface area contributed by atoms with Gasteiger partial charge in [0, 0.05) is 31.6 Å². The van der Waals surface area contributed by atoms with E-state index in [1.54, 1.807) is 11.3 Å². The van der Waals surface area contributed by atoms with Crippen LogP contribution in [-0.4, -0.2) is 46.7 Å². The Morgan fingerprint density at radius 3 is 2.79 bits per heavy atom. The van der Waals surface area contributed by atoms with E-state index in [0.717, 1.165) is 16.7 Å². The molecule has 1 aromatic heterocycles. The van der Waals surface area contributed by atoms with Gasteiger partial charge < -0.3 is 5.32 Å². The SMILES string of the molecule is CNc1nnc(CN2CCSCC2)s1. The lowest BCUT2D eigenvalue weighted by Gasteiger charge is -2.24. The van der Waals surface area contributed by atoms with Crippen molar-refractivity contribution in [2.24, 2.45) is 0 Å². The number of nitrogens with one attached hydrogen (secondary N) is 1. The number of hydrogen-bond donors (Lipinski definition) is 1. The summed E-state index contributed by atoms with van der Waals surface area (Å²) in [6, 6.07) is 0. The van der Waals surface area contributed by atoms with Gasteiger partial charge in [0.1, 0.15) is 5.01 Å². The zero-order valence-electron chi connectivity index (χ0n) is 8.19. The van der Waals surface area contributed by atoms with E-state index >= 15 is 0 Å². The monoisotopic (exact) mass is 230 g/mol. The highest BCUT2D eigenvalue weighted by Crippen LogP contribution is 2.18. The molecule has 0 radical (unpaired) electrons. The van der Waals surface area contributed by atoms with E-state index in [9.17, 15) is 0 Å². The molecule has 0 aliphatic carbocycles. The third-order valence-corrected chi connectivity index (χ3v) is 4.01. The molecule has 4 nitrogen and oxygen atoms in total. The van der Waals surface area contributed by atoms with Crippen LogP contribution in [0, 0.1) is 0 Å². The minimum atomic E-state index is 0.909. The molecule has 0 atom stereocenters. The number of nitrogens with zero attached hydrogens (tertiary/aromatic N) is 3. The lowest BCUT2D eigenvalue weighted by molar-refractivity contribution is 0.293. The molecule has 78 valence electrons. The van der Waals surface area contributed by atoms with Gasteiger partial charge in [-0.05, 0) is 0 Å².